The van der Waals surface area contributed by atoms with Crippen LogP contribution >= 0.6 is 0 Å². The van der Waals surface area contributed by atoms with Gasteiger partial charge in [0.2, 0.25) is 5.91 Å². The van der Waals surface area contributed by atoms with Gasteiger partial charge in [-0.15, -0.1) is 0 Å². The van der Waals surface area contributed by atoms with E-state index in [-0.39, 0.29) is 19.3 Å². The molecule has 0 aliphatic rings. The van der Waals surface area contributed by atoms with Gasteiger partial charge in [0, 0.05) is 6.42 Å². The van der Waals surface area contributed by atoms with Gasteiger partial charge >= 0.3 is 11.9 Å². The molecule has 0 rings (SSSR count). The topological polar surface area (TPSA) is 124 Å². The number of hydrogen-bond acceptors (Lipinski definition) is 4. The van der Waals surface area contributed by atoms with Crippen molar-refractivity contribution < 1.29 is 29.7 Å². The molecule has 0 aliphatic carbocycles. The molecule has 7 nitrogen and oxygen atoms in total. The minimum absolute atomic E-state index is 0.185. The lowest BCUT2D eigenvalue weighted by Crippen LogP contribution is -2.44. The summed E-state index contributed by atoms with van der Waals surface area (Å²) in [6.45, 7) is 3.63. The summed E-state index contributed by atoms with van der Waals surface area (Å²) < 4.78 is 0. The number of amides is 1. The predicted molar refractivity (Wildman–Crippen MR) is 80.4 cm³/mol. The number of nitrogens with one attached hydrogen (secondary N) is 1. The largest absolute Gasteiger partial charge is 0.481 e. The summed E-state index contributed by atoms with van der Waals surface area (Å²) in [5.41, 5.74) is -1.19. The number of hydrogen-bond donors (Lipinski definition) is 4. The molecule has 0 aromatic heterocycles. The third-order valence-corrected chi connectivity index (χ3v) is 3.39. The molecule has 2 unspecified atom stereocenters. The summed E-state index contributed by atoms with van der Waals surface area (Å²) >= 11 is 0. The Bertz CT molecular complexity index is 380. The normalized spacial score (nSPS) is 14.9. The van der Waals surface area contributed by atoms with Gasteiger partial charge in [-0.2, -0.15) is 0 Å². The molecule has 2 atom stereocenters. The maximum atomic E-state index is 11.8. The number of rotatable bonds is 12. The lowest BCUT2D eigenvalue weighted by Gasteiger charge is -2.23. The van der Waals surface area contributed by atoms with E-state index in [1.807, 2.05) is 0 Å². The average Bonchev–Trinajstić information content (AvgIpc) is 2.38. The Kier molecular flexibility index (Phi) is 9.40. The molecule has 4 N–H and O–H groups in total. The van der Waals surface area contributed by atoms with E-state index >= 15 is 0 Å². The zero-order valence-electron chi connectivity index (χ0n) is 13.3. The van der Waals surface area contributed by atoms with Crippen molar-refractivity contribution in [2.24, 2.45) is 0 Å². The molecule has 0 aliphatic heterocycles. The van der Waals surface area contributed by atoms with Crippen LogP contribution in [-0.4, -0.2) is 44.8 Å². The van der Waals surface area contributed by atoms with Crippen molar-refractivity contribution in [3.05, 3.63) is 0 Å². The van der Waals surface area contributed by atoms with Crippen LogP contribution in [-0.2, 0) is 14.4 Å². The number of carboxylic acids is 2. The second kappa shape index (κ2) is 10.2. The van der Waals surface area contributed by atoms with Crippen molar-refractivity contribution in [1.29, 1.82) is 0 Å². The first-order valence-electron chi connectivity index (χ1n) is 7.64. The van der Waals surface area contributed by atoms with Crippen molar-refractivity contribution in [1.82, 2.24) is 5.32 Å². The third-order valence-electron chi connectivity index (χ3n) is 3.39. The van der Waals surface area contributed by atoms with Crippen LogP contribution in [0.2, 0.25) is 0 Å². The minimum Gasteiger partial charge on any atom is -0.481 e. The molecule has 0 heterocycles. The Balaban J connectivity index is 4.30. The number of carbonyl (C=O) groups is 3. The van der Waals surface area contributed by atoms with Crippen molar-refractivity contribution >= 4 is 17.8 Å². The number of unbranched alkanes of at least 4 members (excludes halogenated alkanes) is 3. The van der Waals surface area contributed by atoms with Crippen LogP contribution in [0, 0.1) is 0 Å². The lowest BCUT2D eigenvalue weighted by atomic mass is 9.94. The van der Waals surface area contributed by atoms with E-state index in [9.17, 15) is 19.5 Å². The van der Waals surface area contributed by atoms with Crippen LogP contribution in [0.3, 0.4) is 0 Å². The number of carboxylic acid groups (broad SMARTS) is 2. The highest BCUT2D eigenvalue weighted by Gasteiger charge is 2.27. The molecule has 0 radical (unpaired) electrons. The van der Waals surface area contributed by atoms with Gasteiger partial charge in [0.05, 0.1) is 12.0 Å². The maximum Gasteiger partial charge on any atom is 0.326 e. The Morgan fingerprint density at radius 3 is 2.27 bits per heavy atom. The maximum absolute atomic E-state index is 11.8. The first kappa shape index (κ1) is 20.4. The Morgan fingerprint density at radius 2 is 1.77 bits per heavy atom. The zero-order chi connectivity index (χ0) is 17.2. The van der Waals surface area contributed by atoms with Crippen molar-refractivity contribution in [2.45, 2.75) is 76.9 Å². The molecule has 0 aromatic rings. The monoisotopic (exact) mass is 317 g/mol. The van der Waals surface area contributed by atoms with Crippen LogP contribution in [0.15, 0.2) is 0 Å². The van der Waals surface area contributed by atoms with Crippen molar-refractivity contribution in [3.63, 3.8) is 0 Å². The molecule has 0 bridgehead atoms. The summed E-state index contributed by atoms with van der Waals surface area (Å²) in [7, 11) is 0. The fourth-order valence-corrected chi connectivity index (χ4v) is 2.14. The molecule has 0 fully saturated rings. The number of aliphatic carboxylic acids is 2. The van der Waals surface area contributed by atoms with Gasteiger partial charge in [0.15, 0.2) is 0 Å². The summed E-state index contributed by atoms with van der Waals surface area (Å²) in [6, 6.07) is -1.25. The molecule has 1 amide bonds. The van der Waals surface area contributed by atoms with Crippen LogP contribution in [0.4, 0.5) is 0 Å². The SMILES string of the molecule is CCCCCCC(C)(O)CC(=O)NC(CCC(=O)O)C(=O)O. The fourth-order valence-electron chi connectivity index (χ4n) is 2.14. The summed E-state index contributed by atoms with van der Waals surface area (Å²) in [4.78, 5) is 33.3. The van der Waals surface area contributed by atoms with Gasteiger partial charge in [-0.3, -0.25) is 9.59 Å². The zero-order valence-corrected chi connectivity index (χ0v) is 13.3. The molecule has 7 heteroatoms. The molecule has 0 aromatic carbocycles. The van der Waals surface area contributed by atoms with Crippen molar-refractivity contribution in [3.8, 4) is 0 Å². The highest BCUT2D eigenvalue weighted by atomic mass is 16.4. The molecule has 0 saturated heterocycles. The second-order valence-corrected chi connectivity index (χ2v) is 5.88. The first-order chi connectivity index (χ1) is 10.2. The molecule has 0 spiro atoms. The third kappa shape index (κ3) is 10.1. The quantitative estimate of drug-likeness (QED) is 0.405. The number of aliphatic hydroxyl groups is 1. The van der Waals surface area contributed by atoms with Gasteiger partial charge < -0.3 is 20.6 Å². The highest BCUT2D eigenvalue weighted by Crippen LogP contribution is 2.19. The highest BCUT2D eigenvalue weighted by molar-refractivity contribution is 5.84. The molecular weight excluding hydrogens is 290 g/mol. The van der Waals surface area contributed by atoms with Gasteiger partial charge in [-0.05, 0) is 19.8 Å². The van der Waals surface area contributed by atoms with Gasteiger partial charge in [-0.1, -0.05) is 32.6 Å². The fraction of sp³-hybridized carbons (Fsp3) is 0.800. The lowest BCUT2D eigenvalue weighted by molar-refractivity contribution is -0.143. The van der Waals surface area contributed by atoms with E-state index in [1.165, 1.54) is 0 Å². The second-order valence-electron chi connectivity index (χ2n) is 5.88. The van der Waals surface area contributed by atoms with E-state index in [1.54, 1.807) is 6.92 Å². The van der Waals surface area contributed by atoms with E-state index in [0.717, 1.165) is 25.7 Å². The summed E-state index contributed by atoms with van der Waals surface area (Å²) in [6.07, 6.45) is 3.66. The predicted octanol–water partition coefficient (Wildman–Crippen LogP) is 1.53. The van der Waals surface area contributed by atoms with E-state index < -0.39 is 29.5 Å². The molecule has 0 saturated carbocycles. The molecular formula is C15H27NO6. The van der Waals surface area contributed by atoms with Crippen LogP contribution in [0.1, 0.15) is 65.2 Å². The minimum atomic E-state index is -1.28. The van der Waals surface area contributed by atoms with Crippen molar-refractivity contribution in [2.75, 3.05) is 0 Å². The Hall–Kier alpha value is -1.63. The van der Waals surface area contributed by atoms with E-state index in [4.69, 9.17) is 10.2 Å². The Morgan fingerprint density at radius 1 is 1.14 bits per heavy atom. The molecule has 128 valence electrons. The number of carbonyl (C=O) groups excluding carboxylic acids is 1. The van der Waals surface area contributed by atoms with Crippen LogP contribution in [0.25, 0.3) is 0 Å². The smallest absolute Gasteiger partial charge is 0.326 e. The van der Waals surface area contributed by atoms with E-state index in [0.29, 0.717) is 6.42 Å². The molecule has 22 heavy (non-hydrogen) atoms. The van der Waals surface area contributed by atoms with Gasteiger partial charge in [0.1, 0.15) is 6.04 Å². The van der Waals surface area contributed by atoms with Crippen LogP contribution in [0.5, 0.6) is 0 Å². The standard InChI is InChI=1S/C15H27NO6/c1-3-4-5-6-9-15(2,22)10-12(17)16-11(14(20)21)7-8-13(18)19/h11,22H,3-10H2,1-2H3,(H,16,17)(H,18,19)(H,20,21). The van der Waals surface area contributed by atoms with Gasteiger partial charge in [0.25, 0.3) is 0 Å². The summed E-state index contributed by atoms with van der Waals surface area (Å²) in [5.74, 6) is -2.99. The van der Waals surface area contributed by atoms with Gasteiger partial charge in [-0.25, -0.2) is 4.79 Å². The first-order valence-corrected chi connectivity index (χ1v) is 7.64. The van der Waals surface area contributed by atoms with E-state index in [2.05, 4.69) is 12.2 Å². The Labute approximate surface area is 130 Å². The van der Waals surface area contributed by atoms with Crippen LogP contribution < -0.4 is 5.32 Å². The summed E-state index contributed by atoms with van der Waals surface area (Å²) in [5, 5.41) is 29.9. The average molecular weight is 317 g/mol.